The average Bonchev–Trinajstić information content (AvgIpc) is 2.51. The molecule has 3 atom stereocenters. The maximum absolute atomic E-state index is 13.0. The monoisotopic (exact) mass is 554 g/mol. The second-order valence-corrected chi connectivity index (χ2v) is 18.4. The number of alkyl halides is 4. The van der Waals surface area contributed by atoms with Gasteiger partial charge in [0.2, 0.25) is 0 Å². The van der Waals surface area contributed by atoms with Crippen molar-refractivity contribution >= 4 is 82.8 Å². The fourth-order valence-electron chi connectivity index (χ4n) is 1.20. The first-order chi connectivity index (χ1) is 11.8. The van der Waals surface area contributed by atoms with Crippen molar-refractivity contribution in [2.45, 2.75) is 14.6 Å². The molecule has 162 valence electrons. The number of rotatable bonds is 10. The van der Waals surface area contributed by atoms with Gasteiger partial charge in [0.05, 0.1) is 0 Å². The van der Waals surface area contributed by atoms with Gasteiger partial charge in [0.25, 0.3) is 0 Å². The summed E-state index contributed by atoms with van der Waals surface area (Å²) >= 11 is 22.2. The highest BCUT2D eigenvalue weighted by molar-refractivity contribution is 7.87. The third-order valence-corrected chi connectivity index (χ3v) is 16.9. The Balaban J connectivity index is 6.56. The van der Waals surface area contributed by atoms with Crippen molar-refractivity contribution in [1.82, 2.24) is 0 Å². The van der Waals surface area contributed by atoms with Crippen molar-refractivity contribution in [2.24, 2.45) is 0 Å². The molecule has 12 nitrogen and oxygen atoms in total. The van der Waals surface area contributed by atoms with Crippen LogP contribution in [0.25, 0.3) is 0 Å². The molecule has 0 aromatic heterocycles. The lowest BCUT2D eigenvalue weighted by Gasteiger charge is -2.34. The lowest BCUT2D eigenvalue weighted by atomic mass is 10.9. The van der Waals surface area contributed by atoms with E-state index in [0.717, 1.165) is 14.2 Å². The van der Waals surface area contributed by atoms with Gasteiger partial charge in [-0.3, -0.25) is 18.5 Å². The van der Waals surface area contributed by atoms with Crippen LogP contribution in [-0.2, 0) is 45.5 Å². The summed E-state index contributed by atoms with van der Waals surface area (Å²) in [6, 6.07) is 0. The van der Waals surface area contributed by atoms with E-state index >= 15 is 0 Å². The molecular weight excluding hydrogens is 542 g/mol. The van der Waals surface area contributed by atoms with Crippen molar-refractivity contribution < 1.29 is 55.2 Å². The Morgan fingerprint density at radius 3 is 1.48 bits per heavy atom. The molecule has 0 spiro atoms. The van der Waals surface area contributed by atoms with Crippen LogP contribution in [-0.4, -0.2) is 44.7 Å². The standard InChI is InChI=1S/C7H14Cl4O12P4/c1-5(12)22-27(18,7(10,11)26(17,20-3)21-4)23-25(15,16)6(8,9)24(13,14)19-2/h1-4H3,(H,13,14)(H,15,16). The molecular formula is C7H14Cl4O12P4. The SMILES string of the molecule is COP(=O)(O)C(Cl)(Cl)P(=O)(O)OP(=O)(OC(C)=O)C(Cl)(Cl)P(=O)(OC)OC. The van der Waals surface area contributed by atoms with E-state index in [2.05, 4.69) is 22.4 Å². The van der Waals surface area contributed by atoms with E-state index in [0.29, 0.717) is 14.0 Å². The molecule has 0 fully saturated rings. The van der Waals surface area contributed by atoms with Gasteiger partial charge in [-0.25, -0.2) is 8.88 Å². The fraction of sp³-hybridized carbons (Fsp3) is 0.857. The molecule has 20 heteroatoms. The summed E-state index contributed by atoms with van der Waals surface area (Å²) < 4.78 is 64.0. The molecule has 0 rings (SSSR count). The highest BCUT2D eigenvalue weighted by Gasteiger charge is 2.71. The van der Waals surface area contributed by atoms with Crippen molar-refractivity contribution in [3.63, 3.8) is 0 Å². The van der Waals surface area contributed by atoms with Crippen molar-refractivity contribution in [1.29, 1.82) is 0 Å². The second-order valence-electron chi connectivity index (χ2n) is 4.27. The van der Waals surface area contributed by atoms with Gasteiger partial charge in [-0.2, -0.15) is 0 Å². The van der Waals surface area contributed by atoms with Gasteiger partial charge in [0, 0.05) is 28.3 Å². The smallest absolute Gasteiger partial charge is 0.389 e. The molecule has 0 bridgehead atoms. The Morgan fingerprint density at radius 2 is 1.19 bits per heavy atom. The Bertz CT molecular complexity index is 759. The molecule has 0 saturated carbocycles. The van der Waals surface area contributed by atoms with E-state index in [1.165, 1.54) is 0 Å². The van der Waals surface area contributed by atoms with Crippen molar-refractivity contribution in [2.75, 3.05) is 21.3 Å². The Morgan fingerprint density at radius 1 is 0.778 bits per heavy atom. The minimum atomic E-state index is -5.95. The molecule has 27 heavy (non-hydrogen) atoms. The highest BCUT2D eigenvalue weighted by atomic mass is 35.5. The van der Waals surface area contributed by atoms with Crippen LogP contribution < -0.4 is 0 Å². The van der Waals surface area contributed by atoms with Crippen LogP contribution in [0.3, 0.4) is 0 Å². The van der Waals surface area contributed by atoms with Crippen LogP contribution in [0.2, 0.25) is 0 Å². The summed E-state index contributed by atoms with van der Waals surface area (Å²) in [6.45, 7) is 0.646. The lowest BCUT2D eigenvalue weighted by molar-refractivity contribution is -0.132. The van der Waals surface area contributed by atoms with Gasteiger partial charge in [-0.15, -0.1) is 0 Å². The molecule has 0 saturated heterocycles. The Hall–Kier alpha value is 1.31. The molecule has 0 amide bonds. The summed E-state index contributed by atoms with van der Waals surface area (Å²) in [5, 5.41) is 0. The number of halogens is 4. The molecule has 3 unspecified atom stereocenters. The first kappa shape index (κ1) is 28.3. The third kappa shape index (κ3) is 5.33. The summed E-state index contributed by atoms with van der Waals surface area (Å²) in [5.74, 6) is -1.45. The molecule has 0 heterocycles. The summed E-state index contributed by atoms with van der Waals surface area (Å²) in [6.07, 6.45) is 0. The van der Waals surface area contributed by atoms with Gasteiger partial charge in [0.1, 0.15) is 0 Å². The van der Waals surface area contributed by atoms with E-state index in [4.69, 9.17) is 46.4 Å². The van der Waals surface area contributed by atoms with Crippen LogP contribution >= 0.6 is 76.8 Å². The topological polar surface area (TPSA) is 172 Å². The fourth-order valence-corrected chi connectivity index (χ4v) is 11.1. The molecule has 0 aromatic carbocycles. The molecule has 0 radical (unpaired) electrons. The van der Waals surface area contributed by atoms with E-state index in [-0.39, 0.29) is 0 Å². The number of hydrogen-bond acceptors (Lipinski definition) is 10. The first-order valence-electron chi connectivity index (χ1n) is 6.01. The van der Waals surface area contributed by atoms with Gasteiger partial charge in [-0.1, -0.05) is 46.4 Å². The van der Waals surface area contributed by atoms with Crippen molar-refractivity contribution in [3.05, 3.63) is 0 Å². The quantitative estimate of drug-likeness (QED) is 0.287. The van der Waals surface area contributed by atoms with Crippen molar-refractivity contribution in [3.8, 4) is 0 Å². The Kier molecular flexibility index (Phi) is 9.65. The van der Waals surface area contributed by atoms with Crippen LogP contribution in [0.15, 0.2) is 0 Å². The van der Waals surface area contributed by atoms with Gasteiger partial charge < -0.3 is 27.9 Å². The van der Waals surface area contributed by atoms with Crippen LogP contribution in [0.1, 0.15) is 6.92 Å². The zero-order valence-electron chi connectivity index (χ0n) is 13.8. The second kappa shape index (κ2) is 9.21. The van der Waals surface area contributed by atoms with E-state index in [1.807, 2.05) is 0 Å². The zero-order valence-corrected chi connectivity index (χ0v) is 20.4. The van der Waals surface area contributed by atoms with Crippen LogP contribution in [0.5, 0.6) is 0 Å². The van der Waals surface area contributed by atoms with Crippen LogP contribution in [0, 0.1) is 0 Å². The largest absolute Gasteiger partial charge is 0.437 e. The van der Waals surface area contributed by atoms with Crippen LogP contribution in [0.4, 0.5) is 0 Å². The van der Waals surface area contributed by atoms with E-state index < -0.39 is 44.0 Å². The lowest BCUT2D eigenvalue weighted by Crippen LogP contribution is -2.24. The zero-order chi connectivity index (χ0) is 22.1. The molecule has 0 aliphatic heterocycles. The third-order valence-electron chi connectivity index (χ3n) is 2.53. The maximum atomic E-state index is 13.0. The minimum Gasteiger partial charge on any atom is -0.389 e. The summed E-state index contributed by atoms with van der Waals surface area (Å²) in [7, 11) is -19.8. The first-order valence-corrected chi connectivity index (χ1v) is 13.8. The molecule has 2 N–H and O–H groups in total. The average molecular weight is 556 g/mol. The summed E-state index contributed by atoms with van der Waals surface area (Å²) in [5.41, 5.74) is 0. The number of carbonyl (C=O) groups is 1. The predicted molar refractivity (Wildman–Crippen MR) is 97.6 cm³/mol. The predicted octanol–water partition coefficient (Wildman–Crippen LogP) is 4.44. The molecule has 0 aliphatic rings. The van der Waals surface area contributed by atoms with Gasteiger partial charge >= 0.3 is 44.0 Å². The molecule has 0 aromatic rings. The molecule has 0 aliphatic carbocycles. The highest BCUT2D eigenvalue weighted by Crippen LogP contribution is 2.88. The minimum absolute atomic E-state index is 0.601. The number of hydrogen-bond donors (Lipinski definition) is 2. The normalized spacial score (nSPS) is 20.2. The number of carbonyl (C=O) groups excluding carboxylic acids is 1. The Labute approximate surface area is 173 Å². The van der Waals surface area contributed by atoms with E-state index in [1.54, 1.807) is 0 Å². The van der Waals surface area contributed by atoms with Gasteiger partial charge in [-0.05, 0) is 0 Å². The summed E-state index contributed by atoms with van der Waals surface area (Å²) in [4.78, 5) is 30.7. The maximum Gasteiger partial charge on any atom is 0.437 e. The van der Waals surface area contributed by atoms with E-state index in [9.17, 15) is 32.8 Å². The van der Waals surface area contributed by atoms with Gasteiger partial charge in [0.15, 0.2) is 0 Å².